The van der Waals surface area contributed by atoms with Crippen molar-refractivity contribution < 1.29 is 19.4 Å². The number of amides is 1. The van der Waals surface area contributed by atoms with Gasteiger partial charge in [-0.1, -0.05) is 0 Å². The molecule has 0 bridgehead atoms. The second kappa shape index (κ2) is 4.08. The third kappa shape index (κ3) is 2.54. The average molecular weight is 219 g/mol. The van der Waals surface area contributed by atoms with E-state index in [0.29, 0.717) is 12.4 Å². The first-order valence-electron chi connectivity index (χ1n) is 4.23. The van der Waals surface area contributed by atoms with Crippen LogP contribution in [0.3, 0.4) is 0 Å². The summed E-state index contributed by atoms with van der Waals surface area (Å²) in [5.74, 6) is 0.193. The fraction of sp³-hybridized carbons (Fsp3) is 0.750. The summed E-state index contributed by atoms with van der Waals surface area (Å²) in [7, 11) is 0. The number of nitrogens with one attached hydrogen (secondary N) is 1. The van der Waals surface area contributed by atoms with Crippen LogP contribution in [0.2, 0.25) is 0 Å². The molecule has 0 aliphatic carbocycles. The minimum absolute atomic E-state index is 0.338. The van der Waals surface area contributed by atoms with Gasteiger partial charge in [0.25, 0.3) is 0 Å². The summed E-state index contributed by atoms with van der Waals surface area (Å²) in [6.45, 7) is 3.99. The highest BCUT2D eigenvalue weighted by molar-refractivity contribution is 8.00. The number of hydrogen-bond acceptors (Lipinski definition) is 4. The molecule has 0 aromatic heterocycles. The minimum Gasteiger partial charge on any atom is -0.465 e. The summed E-state index contributed by atoms with van der Waals surface area (Å²) in [5, 5.41) is 10.8. The predicted octanol–water partition coefficient (Wildman–Crippen LogP) is 0.691. The molecule has 0 aromatic carbocycles. The molecule has 0 saturated carbocycles. The molecule has 1 aliphatic heterocycles. The highest BCUT2D eigenvalue weighted by atomic mass is 32.2. The molecule has 2 N–H and O–H groups in total. The SMILES string of the molecule is CC1(C)SCCOC(=O)[C@@H]1NC(=O)O. The van der Waals surface area contributed by atoms with Crippen molar-refractivity contribution in [1.29, 1.82) is 0 Å². The maximum absolute atomic E-state index is 11.4. The van der Waals surface area contributed by atoms with E-state index in [2.05, 4.69) is 5.32 Å². The highest BCUT2D eigenvalue weighted by Crippen LogP contribution is 2.30. The summed E-state index contributed by atoms with van der Waals surface area (Å²) in [6.07, 6.45) is -1.21. The normalized spacial score (nSPS) is 26.1. The van der Waals surface area contributed by atoms with E-state index in [-0.39, 0.29) is 0 Å². The zero-order valence-electron chi connectivity index (χ0n) is 8.07. The topological polar surface area (TPSA) is 75.6 Å². The molecule has 1 atom stereocenters. The Hall–Kier alpha value is -0.910. The number of rotatable bonds is 1. The standard InChI is InChI=1S/C8H13NO4S/c1-8(2)5(9-7(11)12)6(10)13-3-4-14-8/h5,9H,3-4H2,1-2H3,(H,11,12)/t5-/m0/s1. The van der Waals surface area contributed by atoms with Crippen molar-refractivity contribution in [2.24, 2.45) is 0 Å². The Morgan fingerprint density at radius 1 is 1.71 bits per heavy atom. The molecule has 1 amide bonds. The maximum Gasteiger partial charge on any atom is 0.405 e. The van der Waals surface area contributed by atoms with Gasteiger partial charge < -0.3 is 15.2 Å². The van der Waals surface area contributed by atoms with E-state index in [4.69, 9.17) is 9.84 Å². The summed E-state index contributed by atoms with van der Waals surface area (Å²) in [5.41, 5.74) is 0. The van der Waals surface area contributed by atoms with E-state index < -0.39 is 22.9 Å². The number of carbonyl (C=O) groups excluding carboxylic acids is 1. The number of ether oxygens (including phenoxy) is 1. The van der Waals surface area contributed by atoms with Crippen LogP contribution >= 0.6 is 11.8 Å². The molecule has 80 valence electrons. The van der Waals surface area contributed by atoms with Crippen LogP contribution in [0.4, 0.5) is 4.79 Å². The Bertz CT molecular complexity index is 254. The van der Waals surface area contributed by atoms with Crippen LogP contribution < -0.4 is 5.32 Å². The van der Waals surface area contributed by atoms with E-state index in [1.807, 2.05) is 13.8 Å². The van der Waals surface area contributed by atoms with Crippen LogP contribution in [0.5, 0.6) is 0 Å². The van der Waals surface area contributed by atoms with Crippen LogP contribution in [0.1, 0.15) is 13.8 Å². The number of cyclic esters (lactones) is 1. The number of thioether (sulfide) groups is 1. The van der Waals surface area contributed by atoms with E-state index in [1.165, 1.54) is 11.8 Å². The molecule has 0 unspecified atom stereocenters. The Morgan fingerprint density at radius 2 is 2.36 bits per heavy atom. The quantitative estimate of drug-likeness (QED) is 0.635. The van der Waals surface area contributed by atoms with Crippen molar-refractivity contribution in [1.82, 2.24) is 5.32 Å². The maximum atomic E-state index is 11.4. The van der Waals surface area contributed by atoms with Crippen LogP contribution in [0.25, 0.3) is 0 Å². The number of hydrogen-bond donors (Lipinski definition) is 2. The van der Waals surface area contributed by atoms with Crippen LogP contribution in [0.15, 0.2) is 0 Å². The Balaban J connectivity index is 2.81. The number of carboxylic acid groups (broad SMARTS) is 1. The molecule has 1 rings (SSSR count). The van der Waals surface area contributed by atoms with Gasteiger partial charge in [-0.15, -0.1) is 11.8 Å². The minimum atomic E-state index is -1.21. The second-order valence-corrected chi connectivity index (χ2v) is 5.25. The first-order valence-corrected chi connectivity index (χ1v) is 5.22. The summed E-state index contributed by atoms with van der Waals surface area (Å²) < 4.78 is 4.40. The van der Waals surface area contributed by atoms with E-state index >= 15 is 0 Å². The summed E-state index contributed by atoms with van der Waals surface area (Å²) in [6, 6.07) is -0.799. The molecule has 0 aromatic rings. The van der Waals surface area contributed by atoms with Gasteiger partial charge in [-0.25, -0.2) is 9.59 Å². The lowest BCUT2D eigenvalue weighted by molar-refractivity contribution is -0.145. The van der Waals surface area contributed by atoms with Crippen molar-refractivity contribution in [2.45, 2.75) is 24.6 Å². The van der Waals surface area contributed by atoms with Crippen LogP contribution in [-0.2, 0) is 9.53 Å². The zero-order chi connectivity index (χ0) is 10.8. The van der Waals surface area contributed by atoms with Crippen molar-refractivity contribution >= 4 is 23.8 Å². The Kier molecular flexibility index (Phi) is 3.25. The molecule has 1 fully saturated rings. The van der Waals surface area contributed by atoms with Gasteiger partial charge in [0.2, 0.25) is 0 Å². The lowest BCUT2D eigenvalue weighted by Gasteiger charge is -2.28. The van der Waals surface area contributed by atoms with Gasteiger partial charge in [0.1, 0.15) is 12.6 Å². The van der Waals surface area contributed by atoms with E-state index in [9.17, 15) is 9.59 Å². The van der Waals surface area contributed by atoms with Crippen molar-refractivity contribution in [3.05, 3.63) is 0 Å². The van der Waals surface area contributed by atoms with E-state index in [0.717, 1.165) is 0 Å². The molecule has 0 spiro atoms. The Morgan fingerprint density at radius 3 is 2.93 bits per heavy atom. The molecule has 1 saturated heterocycles. The van der Waals surface area contributed by atoms with Gasteiger partial charge in [-0.3, -0.25) is 0 Å². The predicted molar refractivity (Wildman–Crippen MR) is 52.4 cm³/mol. The molecular weight excluding hydrogens is 206 g/mol. The average Bonchev–Trinajstić information content (AvgIpc) is 2.16. The first-order chi connectivity index (χ1) is 6.43. The Labute approximate surface area is 86.2 Å². The zero-order valence-corrected chi connectivity index (χ0v) is 8.89. The molecule has 0 radical (unpaired) electrons. The molecular formula is C8H13NO4S. The third-order valence-electron chi connectivity index (χ3n) is 2.00. The smallest absolute Gasteiger partial charge is 0.405 e. The molecule has 1 aliphatic rings. The summed E-state index contributed by atoms with van der Waals surface area (Å²) in [4.78, 5) is 21.9. The molecule has 5 nitrogen and oxygen atoms in total. The molecule has 14 heavy (non-hydrogen) atoms. The van der Waals surface area contributed by atoms with Gasteiger partial charge in [-0.05, 0) is 13.8 Å². The van der Waals surface area contributed by atoms with Crippen molar-refractivity contribution in [3.8, 4) is 0 Å². The number of carbonyl (C=O) groups is 2. The summed E-state index contributed by atoms with van der Waals surface area (Å²) >= 11 is 1.52. The van der Waals surface area contributed by atoms with E-state index in [1.54, 1.807) is 0 Å². The fourth-order valence-corrected chi connectivity index (χ4v) is 2.27. The largest absolute Gasteiger partial charge is 0.465 e. The van der Waals surface area contributed by atoms with Crippen LogP contribution in [0, 0.1) is 0 Å². The van der Waals surface area contributed by atoms with Crippen LogP contribution in [-0.4, -0.2) is 40.3 Å². The van der Waals surface area contributed by atoms with Gasteiger partial charge >= 0.3 is 12.1 Å². The third-order valence-corrected chi connectivity index (χ3v) is 3.35. The number of esters is 1. The van der Waals surface area contributed by atoms with Gasteiger partial charge in [0.05, 0.1) is 0 Å². The molecule has 6 heteroatoms. The van der Waals surface area contributed by atoms with Gasteiger partial charge in [0, 0.05) is 10.5 Å². The highest BCUT2D eigenvalue weighted by Gasteiger charge is 2.40. The molecule has 1 heterocycles. The fourth-order valence-electron chi connectivity index (χ4n) is 1.25. The van der Waals surface area contributed by atoms with Crippen molar-refractivity contribution in [3.63, 3.8) is 0 Å². The monoisotopic (exact) mass is 219 g/mol. The van der Waals surface area contributed by atoms with Crippen molar-refractivity contribution in [2.75, 3.05) is 12.4 Å². The second-order valence-electron chi connectivity index (χ2n) is 3.50. The lowest BCUT2D eigenvalue weighted by atomic mass is 10.0. The van der Waals surface area contributed by atoms with Gasteiger partial charge in [-0.2, -0.15) is 0 Å². The van der Waals surface area contributed by atoms with Gasteiger partial charge in [0.15, 0.2) is 0 Å². The lowest BCUT2D eigenvalue weighted by Crippen LogP contribution is -2.51. The first kappa shape index (κ1) is 11.2.